The number of aromatic nitrogens is 5. The van der Waals surface area contributed by atoms with Gasteiger partial charge in [-0.2, -0.15) is 4.98 Å². The first-order chi connectivity index (χ1) is 7.84. The summed E-state index contributed by atoms with van der Waals surface area (Å²) in [6.45, 7) is 0. The molecule has 0 saturated heterocycles. The lowest BCUT2D eigenvalue weighted by Gasteiger charge is -2.21. The van der Waals surface area contributed by atoms with Gasteiger partial charge in [0.1, 0.15) is 0 Å². The number of hydrogen-bond donors (Lipinski definition) is 0. The normalized spacial score (nSPS) is 18.1. The number of halogens is 1. The Morgan fingerprint density at radius 2 is 2.06 bits per heavy atom. The Kier molecular flexibility index (Phi) is 2.47. The highest BCUT2D eigenvalue weighted by Gasteiger charge is 2.19. The first kappa shape index (κ1) is 9.96. The van der Waals surface area contributed by atoms with E-state index in [0.717, 1.165) is 24.0 Å². The molecule has 0 unspecified atom stereocenters. The highest BCUT2D eigenvalue weighted by Crippen LogP contribution is 2.29. The second kappa shape index (κ2) is 3.97. The van der Waals surface area contributed by atoms with Crippen LogP contribution in [0.1, 0.15) is 38.1 Å². The van der Waals surface area contributed by atoms with Crippen molar-refractivity contribution in [2.45, 2.75) is 38.1 Å². The SMILES string of the molecule is Clc1ncc2nnn(C3CCCCC3)c2n1. The van der Waals surface area contributed by atoms with Crippen molar-refractivity contribution in [2.24, 2.45) is 0 Å². The van der Waals surface area contributed by atoms with E-state index in [1.54, 1.807) is 6.20 Å². The van der Waals surface area contributed by atoms with E-state index < -0.39 is 0 Å². The van der Waals surface area contributed by atoms with Crippen LogP contribution < -0.4 is 0 Å². The maximum Gasteiger partial charge on any atom is 0.224 e. The predicted molar refractivity (Wildman–Crippen MR) is 60.3 cm³/mol. The number of rotatable bonds is 1. The third-order valence-corrected chi connectivity index (χ3v) is 3.29. The van der Waals surface area contributed by atoms with Crippen LogP contribution in [-0.4, -0.2) is 25.0 Å². The summed E-state index contributed by atoms with van der Waals surface area (Å²) in [5.74, 6) is 0. The zero-order valence-corrected chi connectivity index (χ0v) is 9.56. The van der Waals surface area contributed by atoms with Gasteiger partial charge in [0, 0.05) is 0 Å². The Labute approximate surface area is 97.8 Å². The van der Waals surface area contributed by atoms with Crippen molar-refractivity contribution < 1.29 is 0 Å². The molecule has 1 aliphatic carbocycles. The molecule has 2 aromatic rings. The Morgan fingerprint density at radius 3 is 2.88 bits per heavy atom. The molecule has 6 heteroatoms. The molecule has 3 rings (SSSR count). The summed E-state index contributed by atoms with van der Waals surface area (Å²) in [7, 11) is 0. The Morgan fingerprint density at radius 1 is 1.25 bits per heavy atom. The Balaban J connectivity index is 2.05. The summed E-state index contributed by atoms with van der Waals surface area (Å²) in [6.07, 6.45) is 7.76. The highest BCUT2D eigenvalue weighted by molar-refractivity contribution is 6.28. The monoisotopic (exact) mass is 237 g/mol. The lowest BCUT2D eigenvalue weighted by atomic mass is 9.96. The van der Waals surface area contributed by atoms with Gasteiger partial charge in [-0.15, -0.1) is 5.10 Å². The Bertz CT molecular complexity index is 503. The summed E-state index contributed by atoms with van der Waals surface area (Å²) in [5.41, 5.74) is 1.47. The molecule has 0 radical (unpaired) electrons. The smallest absolute Gasteiger partial charge is 0.224 e. The van der Waals surface area contributed by atoms with E-state index >= 15 is 0 Å². The maximum atomic E-state index is 5.80. The minimum atomic E-state index is 0.256. The predicted octanol–water partition coefficient (Wildman–Crippen LogP) is 2.38. The highest BCUT2D eigenvalue weighted by atomic mass is 35.5. The zero-order chi connectivity index (χ0) is 11.0. The molecule has 0 aromatic carbocycles. The molecule has 0 aliphatic heterocycles. The van der Waals surface area contributed by atoms with Gasteiger partial charge in [0.25, 0.3) is 0 Å². The van der Waals surface area contributed by atoms with Gasteiger partial charge in [-0.1, -0.05) is 24.5 Å². The topological polar surface area (TPSA) is 56.5 Å². The molecule has 0 spiro atoms. The summed E-state index contributed by atoms with van der Waals surface area (Å²) in [4.78, 5) is 8.11. The molecule has 0 atom stereocenters. The van der Waals surface area contributed by atoms with Gasteiger partial charge < -0.3 is 0 Å². The molecule has 2 aromatic heterocycles. The number of nitrogens with zero attached hydrogens (tertiary/aromatic N) is 5. The van der Waals surface area contributed by atoms with Crippen LogP contribution in [0.4, 0.5) is 0 Å². The van der Waals surface area contributed by atoms with Gasteiger partial charge in [0.2, 0.25) is 5.28 Å². The zero-order valence-electron chi connectivity index (χ0n) is 8.80. The number of hydrogen-bond acceptors (Lipinski definition) is 4. The van der Waals surface area contributed by atoms with Crippen LogP contribution in [0.15, 0.2) is 6.20 Å². The van der Waals surface area contributed by atoms with E-state index in [1.165, 1.54) is 19.3 Å². The van der Waals surface area contributed by atoms with E-state index in [2.05, 4.69) is 20.3 Å². The van der Waals surface area contributed by atoms with Gasteiger partial charge in [0.15, 0.2) is 11.2 Å². The van der Waals surface area contributed by atoms with Gasteiger partial charge in [-0.05, 0) is 24.4 Å². The largest absolute Gasteiger partial charge is 0.224 e. The van der Waals surface area contributed by atoms with E-state index in [-0.39, 0.29) is 5.28 Å². The summed E-state index contributed by atoms with van der Waals surface area (Å²) >= 11 is 5.80. The van der Waals surface area contributed by atoms with Crippen molar-refractivity contribution in [1.29, 1.82) is 0 Å². The molecular weight excluding hydrogens is 226 g/mol. The molecule has 1 fully saturated rings. The lowest BCUT2D eigenvalue weighted by Crippen LogP contribution is -2.14. The molecule has 5 nitrogen and oxygen atoms in total. The standard InChI is InChI=1S/C10H12ClN5/c11-10-12-6-8-9(13-10)16(15-14-8)7-4-2-1-3-5-7/h6-7H,1-5H2. The second-order valence-corrected chi connectivity index (χ2v) is 4.51. The van der Waals surface area contributed by atoms with Crippen molar-refractivity contribution >= 4 is 22.8 Å². The number of fused-ring (bicyclic) bond motifs is 1. The Hall–Kier alpha value is -1.23. The fourth-order valence-corrected chi connectivity index (χ4v) is 2.42. The van der Waals surface area contributed by atoms with E-state index in [1.807, 2.05) is 4.68 Å². The third-order valence-electron chi connectivity index (χ3n) is 3.11. The van der Waals surface area contributed by atoms with Crippen LogP contribution in [0.25, 0.3) is 11.2 Å². The second-order valence-electron chi connectivity index (χ2n) is 4.17. The maximum absolute atomic E-state index is 5.80. The quantitative estimate of drug-likeness (QED) is 0.715. The molecule has 16 heavy (non-hydrogen) atoms. The van der Waals surface area contributed by atoms with E-state index in [0.29, 0.717) is 6.04 Å². The van der Waals surface area contributed by atoms with Gasteiger partial charge in [-0.25, -0.2) is 9.67 Å². The average Bonchev–Trinajstić information content (AvgIpc) is 2.73. The molecule has 1 aliphatic rings. The van der Waals surface area contributed by atoms with Crippen molar-refractivity contribution in [2.75, 3.05) is 0 Å². The van der Waals surface area contributed by atoms with Crippen LogP contribution in [0, 0.1) is 0 Å². The van der Waals surface area contributed by atoms with E-state index in [4.69, 9.17) is 11.6 Å². The summed E-state index contributed by atoms with van der Waals surface area (Å²) in [5, 5.41) is 8.49. The minimum Gasteiger partial charge on any atom is -0.224 e. The first-order valence-corrected chi connectivity index (χ1v) is 5.96. The molecule has 0 amide bonds. The fraction of sp³-hybridized carbons (Fsp3) is 0.600. The van der Waals surface area contributed by atoms with E-state index in [9.17, 15) is 0 Å². The molecule has 84 valence electrons. The van der Waals surface area contributed by atoms with Crippen LogP contribution in [0.2, 0.25) is 5.28 Å². The van der Waals surface area contributed by atoms with Crippen LogP contribution >= 0.6 is 11.6 Å². The molecule has 0 bridgehead atoms. The minimum absolute atomic E-state index is 0.256. The fourth-order valence-electron chi connectivity index (χ4n) is 2.30. The van der Waals surface area contributed by atoms with Crippen LogP contribution in [0.3, 0.4) is 0 Å². The van der Waals surface area contributed by atoms with Crippen LogP contribution in [0.5, 0.6) is 0 Å². The van der Waals surface area contributed by atoms with Crippen molar-refractivity contribution in [1.82, 2.24) is 25.0 Å². The third kappa shape index (κ3) is 1.65. The lowest BCUT2D eigenvalue weighted by molar-refractivity contribution is 0.330. The average molecular weight is 238 g/mol. The van der Waals surface area contributed by atoms with Crippen LogP contribution in [-0.2, 0) is 0 Å². The molecule has 0 N–H and O–H groups in total. The van der Waals surface area contributed by atoms with Crippen molar-refractivity contribution in [3.63, 3.8) is 0 Å². The molecule has 2 heterocycles. The van der Waals surface area contributed by atoms with Gasteiger partial charge in [-0.3, -0.25) is 0 Å². The van der Waals surface area contributed by atoms with Crippen molar-refractivity contribution in [3.8, 4) is 0 Å². The van der Waals surface area contributed by atoms with Crippen molar-refractivity contribution in [3.05, 3.63) is 11.5 Å². The first-order valence-electron chi connectivity index (χ1n) is 5.58. The molecule has 1 saturated carbocycles. The summed E-state index contributed by atoms with van der Waals surface area (Å²) < 4.78 is 1.90. The van der Waals surface area contributed by atoms with Gasteiger partial charge >= 0.3 is 0 Å². The molecular formula is C10H12ClN5. The van der Waals surface area contributed by atoms with Gasteiger partial charge in [0.05, 0.1) is 12.2 Å². The summed E-state index contributed by atoms with van der Waals surface area (Å²) in [6, 6.07) is 0.421.